The maximum absolute atomic E-state index is 12.3. The van der Waals surface area contributed by atoms with Crippen molar-refractivity contribution < 1.29 is 29.4 Å². The van der Waals surface area contributed by atoms with Crippen LogP contribution in [0.4, 0.5) is 0 Å². The van der Waals surface area contributed by atoms with E-state index in [0.29, 0.717) is 0 Å². The molecule has 0 saturated heterocycles. The fourth-order valence-electron chi connectivity index (χ4n) is 2.23. The van der Waals surface area contributed by atoms with E-state index in [1.807, 2.05) is 0 Å². The smallest absolute Gasteiger partial charge is 0.325 e. The monoisotopic (exact) mass is 426 g/mol. The normalized spacial score (nSPS) is 14.8. The van der Waals surface area contributed by atoms with Gasteiger partial charge in [0.2, 0.25) is 17.7 Å². The van der Waals surface area contributed by atoms with Crippen LogP contribution in [0.5, 0.6) is 5.75 Å². The molecule has 7 N–H and O–H groups in total. The van der Waals surface area contributed by atoms with Gasteiger partial charge in [-0.25, -0.2) is 0 Å². The summed E-state index contributed by atoms with van der Waals surface area (Å²) in [5.74, 6) is -3.07. The highest BCUT2D eigenvalue weighted by molar-refractivity contribution is 7.80. The molecule has 4 atom stereocenters. The van der Waals surface area contributed by atoms with Gasteiger partial charge in [0.05, 0.1) is 6.04 Å². The molecule has 0 aliphatic rings. The average molecular weight is 426 g/mol. The maximum atomic E-state index is 12.3. The number of carbonyl (C=O) groups is 4. The fraction of sp³-hybridized carbons (Fsp3) is 0.444. The summed E-state index contributed by atoms with van der Waals surface area (Å²) >= 11 is 4.04. The Hall–Kier alpha value is -2.79. The molecule has 0 heterocycles. The number of thiol groups is 1. The summed E-state index contributed by atoms with van der Waals surface area (Å²) in [4.78, 5) is 47.3. The lowest BCUT2D eigenvalue weighted by molar-refractivity contribution is -0.141. The molecule has 0 aromatic heterocycles. The lowest BCUT2D eigenvalue weighted by atomic mass is 10.1. The molecular formula is C18H26N4O6S. The van der Waals surface area contributed by atoms with Crippen LogP contribution in [0, 0.1) is 0 Å². The number of rotatable bonds is 10. The minimum atomic E-state index is -1.21. The minimum Gasteiger partial charge on any atom is -0.508 e. The molecule has 0 aliphatic heterocycles. The van der Waals surface area contributed by atoms with Crippen molar-refractivity contribution >= 4 is 36.3 Å². The number of carbonyl (C=O) groups excluding carboxylic acids is 3. The van der Waals surface area contributed by atoms with Crippen LogP contribution in [0.15, 0.2) is 24.3 Å². The minimum absolute atomic E-state index is 0.0383. The number of hydrogen-bond acceptors (Lipinski definition) is 7. The fourth-order valence-corrected chi connectivity index (χ4v) is 2.49. The van der Waals surface area contributed by atoms with Crippen LogP contribution < -0.4 is 21.7 Å². The van der Waals surface area contributed by atoms with Crippen molar-refractivity contribution in [1.82, 2.24) is 16.0 Å². The summed E-state index contributed by atoms with van der Waals surface area (Å²) in [5.41, 5.74) is 6.60. The number of nitrogens with two attached hydrogens (primary N) is 1. The number of aliphatic carboxylic acids is 1. The standard InChI is InChI=1S/C18H26N4O6S/c1-9(15(24)21-10(2)18(27)28)20-17(26)14(8-29)22-16(25)13(19)7-11-3-5-12(23)6-4-11/h3-6,9-10,13-14,23,29H,7-8,19H2,1-2H3,(H,20,26)(H,21,24)(H,22,25)(H,27,28). The highest BCUT2D eigenvalue weighted by atomic mass is 32.1. The first kappa shape index (κ1) is 24.2. The molecule has 0 bridgehead atoms. The first-order valence-electron chi connectivity index (χ1n) is 8.83. The Kier molecular flexibility index (Phi) is 9.42. The van der Waals surface area contributed by atoms with E-state index < -0.39 is 47.9 Å². The van der Waals surface area contributed by atoms with E-state index >= 15 is 0 Å². The first-order chi connectivity index (χ1) is 13.5. The maximum Gasteiger partial charge on any atom is 0.325 e. The van der Waals surface area contributed by atoms with Crippen molar-refractivity contribution in [3.05, 3.63) is 29.8 Å². The van der Waals surface area contributed by atoms with Crippen LogP contribution in [-0.4, -0.2) is 63.8 Å². The van der Waals surface area contributed by atoms with Crippen molar-refractivity contribution in [3.8, 4) is 5.75 Å². The number of benzene rings is 1. The zero-order valence-corrected chi connectivity index (χ0v) is 17.0. The third-order valence-corrected chi connectivity index (χ3v) is 4.39. The molecular weight excluding hydrogens is 400 g/mol. The Morgan fingerprint density at radius 1 is 0.966 bits per heavy atom. The number of phenolic OH excluding ortho intramolecular Hbond substituents is 1. The molecule has 10 nitrogen and oxygen atoms in total. The summed E-state index contributed by atoms with van der Waals surface area (Å²) in [7, 11) is 0. The van der Waals surface area contributed by atoms with Crippen molar-refractivity contribution in [3.63, 3.8) is 0 Å². The number of carboxylic acid groups (broad SMARTS) is 1. The highest BCUT2D eigenvalue weighted by Crippen LogP contribution is 2.11. The van der Waals surface area contributed by atoms with Crippen LogP contribution in [0.3, 0.4) is 0 Å². The molecule has 11 heteroatoms. The summed E-state index contributed by atoms with van der Waals surface area (Å²) in [6.45, 7) is 2.68. The van der Waals surface area contributed by atoms with E-state index in [4.69, 9.17) is 10.8 Å². The van der Waals surface area contributed by atoms with E-state index in [1.54, 1.807) is 12.1 Å². The molecule has 29 heavy (non-hydrogen) atoms. The van der Waals surface area contributed by atoms with Crippen molar-refractivity contribution in [1.29, 1.82) is 0 Å². The van der Waals surface area contributed by atoms with Gasteiger partial charge >= 0.3 is 5.97 Å². The Morgan fingerprint density at radius 2 is 1.52 bits per heavy atom. The Bertz CT molecular complexity index is 742. The van der Waals surface area contributed by atoms with Crippen LogP contribution in [0.25, 0.3) is 0 Å². The SMILES string of the molecule is CC(NC(=O)C(C)NC(=O)C(CS)NC(=O)C(N)Cc1ccc(O)cc1)C(=O)O. The molecule has 160 valence electrons. The van der Waals surface area contributed by atoms with Gasteiger partial charge < -0.3 is 31.9 Å². The van der Waals surface area contributed by atoms with Gasteiger partial charge in [0.1, 0.15) is 23.9 Å². The lowest BCUT2D eigenvalue weighted by Crippen LogP contribution is -2.56. The zero-order chi connectivity index (χ0) is 22.1. The molecule has 3 amide bonds. The number of amides is 3. The van der Waals surface area contributed by atoms with Gasteiger partial charge in [-0.3, -0.25) is 19.2 Å². The van der Waals surface area contributed by atoms with Crippen LogP contribution >= 0.6 is 12.6 Å². The van der Waals surface area contributed by atoms with Gasteiger partial charge in [0.25, 0.3) is 0 Å². The summed E-state index contributed by atoms with van der Waals surface area (Å²) in [5, 5.41) is 25.2. The summed E-state index contributed by atoms with van der Waals surface area (Å²) in [6, 6.07) is 2.10. The van der Waals surface area contributed by atoms with Gasteiger partial charge in [-0.1, -0.05) is 12.1 Å². The molecule has 1 aromatic carbocycles. The molecule has 0 radical (unpaired) electrons. The Labute approximate surface area is 173 Å². The average Bonchev–Trinajstić information content (AvgIpc) is 2.67. The summed E-state index contributed by atoms with van der Waals surface area (Å²) in [6.07, 6.45) is 0.193. The second-order valence-corrected chi connectivity index (χ2v) is 6.88. The Morgan fingerprint density at radius 3 is 2.03 bits per heavy atom. The first-order valence-corrected chi connectivity index (χ1v) is 9.46. The molecule has 0 saturated carbocycles. The molecule has 1 aromatic rings. The van der Waals surface area contributed by atoms with Crippen LogP contribution in [0.1, 0.15) is 19.4 Å². The summed E-state index contributed by atoms with van der Waals surface area (Å²) < 4.78 is 0. The molecule has 1 rings (SSSR count). The third kappa shape index (κ3) is 8.00. The molecule has 0 fully saturated rings. The number of nitrogens with one attached hydrogen (secondary N) is 3. The van der Waals surface area contributed by atoms with Gasteiger partial charge in [-0.05, 0) is 38.0 Å². The van der Waals surface area contributed by atoms with Crippen LogP contribution in [0.2, 0.25) is 0 Å². The van der Waals surface area contributed by atoms with E-state index in [-0.39, 0.29) is 17.9 Å². The van der Waals surface area contributed by atoms with Crippen molar-refractivity contribution in [2.75, 3.05) is 5.75 Å². The molecule has 0 spiro atoms. The van der Waals surface area contributed by atoms with Gasteiger partial charge in [0.15, 0.2) is 0 Å². The van der Waals surface area contributed by atoms with Crippen molar-refractivity contribution in [2.45, 2.75) is 44.4 Å². The number of carboxylic acids is 1. The number of aromatic hydroxyl groups is 1. The van der Waals surface area contributed by atoms with E-state index in [1.165, 1.54) is 26.0 Å². The van der Waals surface area contributed by atoms with Crippen LogP contribution in [-0.2, 0) is 25.6 Å². The number of phenols is 1. The van der Waals surface area contributed by atoms with Crippen molar-refractivity contribution in [2.24, 2.45) is 5.73 Å². The second kappa shape index (κ2) is 11.3. The van der Waals surface area contributed by atoms with E-state index in [9.17, 15) is 24.3 Å². The Balaban J connectivity index is 2.60. The van der Waals surface area contributed by atoms with Gasteiger partial charge in [0, 0.05) is 5.75 Å². The lowest BCUT2D eigenvalue weighted by Gasteiger charge is -2.22. The number of hydrogen-bond donors (Lipinski definition) is 7. The largest absolute Gasteiger partial charge is 0.508 e. The van der Waals surface area contributed by atoms with Gasteiger partial charge in [-0.15, -0.1) is 0 Å². The predicted molar refractivity (Wildman–Crippen MR) is 108 cm³/mol. The quantitative estimate of drug-likeness (QED) is 0.230. The molecule has 0 aliphatic carbocycles. The second-order valence-electron chi connectivity index (χ2n) is 6.52. The predicted octanol–water partition coefficient (Wildman–Crippen LogP) is -1.23. The van der Waals surface area contributed by atoms with E-state index in [2.05, 4.69) is 28.6 Å². The molecule has 4 unspecified atom stereocenters. The third-order valence-electron chi connectivity index (χ3n) is 4.03. The zero-order valence-electron chi connectivity index (χ0n) is 16.1. The topological polar surface area (TPSA) is 171 Å². The van der Waals surface area contributed by atoms with Gasteiger partial charge in [-0.2, -0.15) is 12.6 Å². The van der Waals surface area contributed by atoms with E-state index in [0.717, 1.165) is 5.56 Å². The highest BCUT2D eigenvalue weighted by Gasteiger charge is 2.26.